The SMILES string of the molecule is CCC(CO)NC1CCCCC1C(F)(F)F. The summed E-state index contributed by atoms with van der Waals surface area (Å²) in [4.78, 5) is 0. The molecule has 3 atom stereocenters. The van der Waals surface area contributed by atoms with Gasteiger partial charge in [0.1, 0.15) is 0 Å². The summed E-state index contributed by atoms with van der Waals surface area (Å²) in [6, 6.07) is -0.737. The second-order valence-electron chi connectivity index (χ2n) is 4.49. The Labute approximate surface area is 94.2 Å². The minimum atomic E-state index is -4.12. The van der Waals surface area contributed by atoms with Gasteiger partial charge in [-0.3, -0.25) is 0 Å². The third-order valence-corrected chi connectivity index (χ3v) is 3.35. The Morgan fingerprint density at radius 3 is 2.44 bits per heavy atom. The van der Waals surface area contributed by atoms with Crippen LogP contribution in [0.1, 0.15) is 39.0 Å². The molecule has 2 N–H and O–H groups in total. The largest absolute Gasteiger partial charge is 0.395 e. The van der Waals surface area contributed by atoms with Crippen molar-refractivity contribution in [3.63, 3.8) is 0 Å². The first-order valence-corrected chi connectivity index (χ1v) is 5.92. The molecular weight excluding hydrogens is 219 g/mol. The Morgan fingerprint density at radius 2 is 1.94 bits per heavy atom. The van der Waals surface area contributed by atoms with Crippen LogP contribution in [0.15, 0.2) is 0 Å². The molecule has 0 aliphatic heterocycles. The van der Waals surface area contributed by atoms with E-state index >= 15 is 0 Å². The fourth-order valence-corrected chi connectivity index (χ4v) is 2.32. The van der Waals surface area contributed by atoms with E-state index in [9.17, 15) is 13.2 Å². The molecule has 0 heterocycles. The van der Waals surface area contributed by atoms with Crippen LogP contribution in [0, 0.1) is 5.92 Å². The Kier molecular flexibility index (Phi) is 5.05. The highest BCUT2D eigenvalue weighted by Crippen LogP contribution is 2.37. The van der Waals surface area contributed by atoms with Gasteiger partial charge in [-0.25, -0.2) is 0 Å². The van der Waals surface area contributed by atoms with Crippen LogP contribution in [0.25, 0.3) is 0 Å². The molecule has 16 heavy (non-hydrogen) atoms. The first kappa shape index (κ1) is 13.8. The summed E-state index contributed by atoms with van der Waals surface area (Å²) in [5.74, 6) is -1.25. The van der Waals surface area contributed by atoms with Crippen molar-refractivity contribution in [2.45, 2.75) is 57.3 Å². The second-order valence-corrected chi connectivity index (χ2v) is 4.49. The zero-order valence-corrected chi connectivity index (χ0v) is 9.56. The molecule has 0 spiro atoms. The Balaban J connectivity index is 2.60. The van der Waals surface area contributed by atoms with Gasteiger partial charge in [0.25, 0.3) is 0 Å². The number of aliphatic hydroxyl groups excluding tert-OH is 1. The summed E-state index contributed by atoms with van der Waals surface area (Å²) >= 11 is 0. The lowest BCUT2D eigenvalue weighted by atomic mass is 9.83. The lowest BCUT2D eigenvalue weighted by Crippen LogP contribution is -2.50. The van der Waals surface area contributed by atoms with Gasteiger partial charge in [0, 0.05) is 12.1 Å². The van der Waals surface area contributed by atoms with Crippen LogP contribution in [0.3, 0.4) is 0 Å². The van der Waals surface area contributed by atoms with Crippen molar-refractivity contribution in [2.24, 2.45) is 5.92 Å². The molecule has 1 fully saturated rings. The number of aliphatic hydroxyl groups is 1. The molecule has 0 saturated heterocycles. The number of alkyl halides is 3. The van der Waals surface area contributed by atoms with Crippen LogP contribution in [0.5, 0.6) is 0 Å². The number of rotatable bonds is 4. The standard InChI is InChI=1S/C11H20F3NO/c1-2-8(7-16)15-10-6-4-3-5-9(10)11(12,13)14/h8-10,15-16H,2-7H2,1H3. The lowest BCUT2D eigenvalue weighted by Gasteiger charge is -2.35. The average Bonchev–Trinajstić information content (AvgIpc) is 2.25. The molecule has 0 aromatic rings. The van der Waals surface area contributed by atoms with Crippen molar-refractivity contribution in [2.75, 3.05) is 6.61 Å². The van der Waals surface area contributed by atoms with E-state index in [2.05, 4.69) is 5.32 Å². The molecule has 0 aromatic heterocycles. The summed E-state index contributed by atoms with van der Waals surface area (Å²) in [6.07, 6.45) is -1.21. The molecular formula is C11H20F3NO. The molecule has 0 aromatic carbocycles. The van der Waals surface area contributed by atoms with Gasteiger partial charge in [-0.15, -0.1) is 0 Å². The maximum absolute atomic E-state index is 12.7. The summed E-state index contributed by atoms with van der Waals surface area (Å²) in [5.41, 5.74) is 0. The van der Waals surface area contributed by atoms with Gasteiger partial charge >= 0.3 is 6.18 Å². The summed E-state index contributed by atoms with van der Waals surface area (Å²) < 4.78 is 38.2. The van der Waals surface area contributed by atoms with E-state index in [0.29, 0.717) is 19.3 Å². The number of hydrogen-bond donors (Lipinski definition) is 2. The number of nitrogens with one attached hydrogen (secondary N) is 1. The molecule has 5 heteroatoms. The first-order valence-electron chi connectivity index (χ1n) is 5.92. The lowest BCUT2D eigenvalue weighted by molar-refractivity contribution is -0.189. The van der Waals surface area contributed by atoms with Gasteiger partial charge in [0.05, 0.1) is 12.5 Å². The van der Waals surface area contributed by atoms with Crippen LogP contribution >= 0.6 is 0 Å². The van der Waals surface area contributed by atoms with Crippen molar-refractivity contribution in [1.82, 2.24) is 5.32 Å². The van der Waals surface area contributed by atoms with Gasteiger partial charge in [0.15, 0.2) is 0 Å². The third-order valence-electron chi connectivity index (χ3n) is 3.35. The van der Waals surface area contributed by atoms with Gasteiger partial charge in [-0.1, -0.05) is 19.8 Å². The van der Waals surface area contributed by atoms with Gasteiger partial charge in [0.2, 0.25) is 0 Å². The molecule has 1 aliphatic rings. The Morgan fingerprint density at radius 1 is 1.31 bits per heavy atom. The van der Waals surface area contributed by atoms with Crippen LogP contribution in [0.2, 0.25) is 0 Å². The van der Waals surface area contributed by atoms with Crippen LogP contribution < -0.4 is 5.32 Å². The maximum Gasteiger partial charge on any atom is 0.393 e. The quantitative estimate of drug-likeness (QED) is 0.790. The highest BCUT2D eigenvalue weighted by molar-refractivity contribution is 4.87. The van der Waals surface area contributed by atoms with E-state index < -0.39 is 18.1 Å². The summed E-state index contributed by atoms with van der Waals surface area (Å²) in [5, 5.41) is 11.9. The Hall–Kier alpha value is -0.290. The normalized spacial score (nSPS) is 29.1. The predicted octanol–water partition coefficient (Wildman–Crippen LogP) is 2.47. The number of hydrogen-bond acceptors (Lipinski definition) is 2. The highest BCUT2D eigenvalue weighted by atomic mass is 19.4. The van der Waals surface area contributed by atoms with E-state index in [-0.39, 0.29) is 19.1 Å². The minimum Gasteiger partial charge on any atom is -0.395 e. The molecule has 1 saturated carbocycles. The molecule has 1 rings (SSSR count). The maximum atomic E-state index is 12.7. The van der Waals surface area contributed by atoms with Gasteiger partial charge < -0.3 is 10.4 Å². The van der Waals surface area contributed by atoms with Crippen molar-refractivity contribution >= 4 is 0 Å². The molecule has 0 radical (unpaired) electrons. The van der Waals surface area contributed by atoms with Crippen molar-refractivity contribution < 1.29 is 18.3 Å². The third kappa shape index (κ3) is 3.63. The van der Waals surface area contributed by atoms with E-state index in [4.69, 9.17) is 5.11 Å². The van der Waals surface area contributed by atoms with Crippen LogP contribution in [0.4, 0.5) is 13.2 Å². The zero-order valence-electron chi connectivity index (χ0n) is 9.56. The molecule has 0 bridgehead atoms. The molecule has 3 unspecified atom stereocenters. The van der Waals surface area contributed by atoms with Crippen molar-refractivity contribution in [3.05, 3.63) is 0 Å². The molecule has 2 nitrogen and oxygen atoms in total. The van der Waals surface area contributed by atoms with Crippen LogP contribution in [-0.2, 0) is 0 Å². The van der Waals surface area contributed by atoms with Crippen molar-refractivity contribution in [1.29, 1.82) is 0 Å². The van der Waals surface area contributed by atoms with Gasteiger partial charge in [-0.2, -0.15) is 13.2 Å². The molecule has 96 valence electrons. The number of halogens is 3. The second kappa shape index (κ2) is 5.87. The summed E-state index contributed by atoms with van der Waals surface area (Å²) in [6.45, 7) is 1.76. The topological polar surface area (TPSA) is 32.3 Å². The summed E-state index contributed by atoms with van der Waals surface area (Å²) in [7, 11) is 0. The average molecular weight is 239 g/mol. The van der Waals surface area contributed by atoms with Crippen molar-refractivity contribution in [3.8, 4) is 0 Å². The first-order chi connectivity index (χ1) is 7.49. The van der Waals surface area contributed by atoms with E-state index in [0.717, 1.165) is 6.42 Å². The van der Waals surface area contributed by atoms with Crippen LogP contribution in [-0.4, -0.2) is 30.0 Å². The predicted molar refractivity (Wildman–Crippen MR) is 56.1 cm³/mol. The van der Waals surface area contributed by atoms with E-state index in [1.165, 1.54) is 0 Å². The highest BCUT2D eigenvalue weighted by Gasteiger charge is 2.45. The zero-order chi connectivity index (χ0) is 12.2. The van der Waals surface area contributed by atoms with E-state index in [1.54, 1.807) is 0 Å². The molecule has 1 aliphatic carbocycles. The van der Waals surface area contributed by atoms with E-state index in [1.807, 2.05) is 6.92 Å². The monoisotopic (exact) mass is 239 g/mol. The van der Waals surface area contributed by atoms with Gasteiger partial charge in [-0.05, 0) is 19.3 Å². The fourth-order valence-electron chi connectivity index (χ4n) is 2.32. The fraction of sp³-hybridized carbons (Fsp3) is 1.00. The smallest absolute Gasteiger partial charge is 0.393 e. The Bertz CT molecular complexity index is 204. The minimum absolute atomic E-state index is 0.0996. The molecule has 0 amide bonds.